The summed E-state index contributed by atoms with van der Waals surface area (Å²) in [6, 6.07) is 16.2. The van der Waals surface area contributed by atoms with Gasteiger partial charge >= 0.3 is 0 Å². The van der Waals surface area contributed by atoms with Crippen molar-refractivity contribution < 1.29 is 4.74 Å². The largest absolute Gasteiger partial charge is 0.497 e. The molecule has 0 bridgehead atoms. The first-order valence-corrected chi connectivity index (χ1v) is 10.0. The summed E-state index contributed by atoms with van der Waals surface area (Å²) in [5, 5.41) is 0.738. The van der Waals surface area contributed by atoms with Crippen molar-refractivity contribution in [1.82, 2.24) is 14.9 Å². The van der Waals surface area contributed by atoms with Gasteiger partial charge in [0.1, 0.15) is 11.6 Å². The van der Waals surface area contributed by atoms with Gasteiger partial charge in [-0.15, -0.1) is 0 Å². The van der Waals surface area contributed by atoms with Crippen molar-refractivity contribution in [1.29, 1.82) is 0 Å². The Balaban J connectivity index is 1.65. The standard InChI is InChI=1S/C23H24ClN3O/c1-3-22-25-21-11-12-27(14-16-5-4-6-19(13-16)28-2)15-20(21)23(26-22)17-7-9-18(24)10-8-17/h4-10,13H,3,11-12,14-15H2,1-2H3. The SMILES string of the molecule is CCc1nc2c(c(-c3ccc(Cl)cc3)n1)CN(Cc1cccc(OC)c1)CC2. The first-order valence-electron chi connectivity index (χ1n) is 9.66. The van der Waals surface area contributed by atoms with Gasteiger partial charge in [0.15, 0.2) is 0 Å². The van der Waals surface area contributed by atoms with Crippen LogP contribution in [0.4, 0.5) is 0 Å². The first kappa shape index (κ1) is 18.9. The molecule has 3 aromatic rings. The van der Waals surface area contributed by atoms with Crippen molar-refractivity contribution in [2.45, 2.75) is 32.9 Å². The van der Waals surface area contributed by atoms with Gasteiger partial charge in [-0.05, 0) is 29.8 Å². The summed E-state index contributed by atoms with van der Waals surface area (Å²) in [6.07, 6.45) is 1.77. The molecule has 1 aliphatic rings. The molecule has 0 N–H and O–H groups in total. The van der Waals surface area contributed by atoms with Crippen LogP contribution >= 0.6 is 11.6 Å². The predicted molar refractivity (Wildman–Crippen MR) is 113 cm³/mol. The number of hydrogen-bond acceptors (Lipinski definition) is 4. The molecule has 0 amide bonds. The normalized spacial score (nSPS) is 14.0. The molecule has 0 spiro atoms. The number of ether oxygens (including phenoxy) is 1. The fourth-order valence-electron chi connectivity index (χ4n) is 3.69. The Labute approximate surface area is 171 Å². The van der Waals surface area contributed by atoms with E-state index in [4.69, 9.17) is 26.3 Å². The minimum atomic E-state index is 0.738. The molecule has 0 fully saturated rings. The Kier molecular flexibility index (Phi) is 5.60. The fourth-order valence-corrected chi connectivity index (χ4v) is 3.82. The lowest BCUT2D eigenvalue weighted by molar-refractivity contribution is 0.243. The highest BCUT2D eigenvalue weighted by molar-refractivity contribution is 6.30. The van der Waals surface area contributed by atoms with Crippen molar-refractivity contribution in [2.75, 3.05) is 13.7 Å². The van der Waals surface area contributed by atoms with Crippen LogP contribution in [0, 0.1) is 0 Å². The maximum atomic E-state index is 6.09. The van der Waals surface area contributed by atoms with Gasteiger partial charge in [0.05, 0.1) is 18.5 Å². The lowest BCUT2D eigenvalue weighted by atomic mass is 9.98. The zero-order valence-electron chi connectivity index (χ0n) is 16.3. The number of aryl methyl sites for hydroxylation is 1. The van der Waals surface area contributed by atoms with E-state index < -0.39 is 0 Å². The molecule has 1 aromatic heterocycles. The molecular weight excluding hydrogens is 370 g/mol. The molecule has 0 unspecified atom stereocenters. The van der Waals surface area contributed by atoms with Crippen LogP contribution < -0.4 is 4.74 Å². The predicted octanol–water partition coefficient (Wildman–Crippen LogP) is 4.93. The van der Waals surface area contributed by atoms with Crippen LogP contribution in [0.2, 0.25) is 5.02 Å². The molecule has 5 heteroatoms. The Morgan fingerprint density at radius 2 is 1.93 bits per heavy atom. The van der Waals surface area contributed by atoms with Gasteiger partial charge in [-0.2, -0.15) is 0 Å². The van der Waals surface area contributed by atoms with Crippen molar-refractivity contribution >= 4 is 11.6 Å². The van der Waals surface area contributed by atoms with Crippen LogP contribution in [-0.4, -0.2) is 28.5 Å². The van der Waals surface area contributed by atoms with Crippen LogP contribution in [0.1, 0.15) is 29.6 Å². The van der Waals surface area contributed by atoms with Gasteiger partial charge in [0, 0.05) is 48.6 Å². The number of aromatic nitrogens is 2. The molecule has 1 aliphatic heterocycles. The summed E-state index contributed by atoms with van der Waals surface area (Å²) in [4.78, 5) is 12.1. The highest BCUT2D eigenvalue weighted by atomic mass is 35.5. The van der Waals surface area contributed by atoms with Crippen LogP contribution in [0.25, 0.3) is 11.3 Å². The summed E-state index contributed by atoms with van der Waals surface area (Å²) in [5.74, 6) is 1.80. The minimum Gasteiger partial charge on any atom is -0.497 e. The maximum absolute atomic E-state index is 6.09. The number of hydrogen-bond donors (Lipinski definition) is 0. The summed E-state index contributed by atoms with van der Waals surface area (Å²) in [5.41, 5.74) is 5.80. The van der Waals surface area contributed by atoms with Gasteiger partial charge in [0.2, 0.25) is 0 Å². The average Bonchev–Trinajstić information content (AvgIpc) is 2.74. The molecule has 0 radical (unpaired) electrons. The molecule has 0 saturated carbocycles. The molecule has 2 aromatic carbocycles. The number of nitrogens with zero attached hydrogens (tertiary/aromatic N) is 3. The highest BCUT2D eigenvalue weighted by Crippen LogP contribution is 2.30. The lowest BCUT2D eigenvalue weighted by Gasteiger charge is -2.30. The summed E-state index contributed by atoms with van der Waals surface area (Å²) < 4.78 is 5.36. The van der Waals surface area contributed by atoms with Crippen molar-refractivity contribution in [3.8, 4) is 17.0 Å². The van der Waals surface area contributed by atoms with Gasteiger partial charge in [-0.1, -0.05) is 42.8 Å². The third-order valence-electron chi connectivity index (χ3n) is 5.16. The zero-order valence-corrected chi connectivity index (χ0v) is 17.0. The first-order chi connectivity index (χ1) is 13.7. The number of methoxy groups -OCH3 is 1. The van der Waals surface area contributed by atoms with Gasteiger partial charge in [-0.25, -0.2) is 9.97 Å². The van der Waals surface area contributed by atoms with E-state index in [2.05, 4.69) is 24.0 Å². The van der Waals surface area contributed by atoms with Crippen molar-refractivity contribution in [3.05, 3.63) is 76.2 Å². The quantitative estimate of drug-likeness (QED) is 0.616. The number of rotatable bonds is 5. The monoisotopic (exact) mass is 393 g/mol. The Morgan fingerprint density at radius 1 is 1.11 bits per heavy atom. The maximum Gasteiger partial charge on any atom is 0.129 e. The second kappa shape index (κ2) is 8.29. The van der Waals surface area contributed by atoms with E-state index in [9.17, 15) is 0 Å². The molecule has 4 nitrogen and oxygen atoms in total. The van der Waals surface area contributed by atoms with E-state index in [1.807, 2.05) is 36.4 Å². The summed E-state index contributed by atoms with van der Waals surface area (Å²) >= 11 is 6.09. The zero-order chi connectivity index (χ0) is 19.5. The number of halogens is 1. The van der Waals surface area contributed by atoms with Crippen molar-refractivity contribution in [3.63, 3.8) is 0 Å². The number of fused-ring (bicyclic) bond motifs is 1. The van der Waals surface area contributed by atoms with E-state index in [0.29, 0.717) is 0 Å². The molecule has 28 heavy (non-hydrogen) atoms. The van der Waals surface area contributed by atoms with Gasteiger partial charge in [-0.3, -0.25) is 4.90 Å². The van der Waals surface area contributed by atoms with Crippen LogP contribution in [-0.2, 0) is 25.9 Å². The Hall–Kier alpha value is -2.43. The molecule has 2 heterocycles. The Bertz CT molecular complexity index is 972. The van der Waals surface area contributed by atoms with Gasteiger partial charge < -0.3 is 4.74 Å². The van der Waals surface area contributed by atoms with Crippen molar-refractivity contribution in [2.24, 2.45) is 0 Å². The molecule has 144 valence electrons. The fraction of sp³-hybridized carbons (Fsp3) is 0.304. The van der Waals surface area contributed by atoms with E-state index in [0.717, 1.165) is 60.3 Å². The topological polar surface area (TPSA) is 38.2 Å². The summed E-state index contributed by atoms with van der Waals surface area (Å²) in [7, 11) is 1.71. The third-order valence-corrected chi connectivity index (χ3v) is 5.41. The van der Waals surface area contributed by atoms with E-state index in [1.165, 1.54) is 16.8 Å². The highest BCUT2D eigenvalue weighted by Gasteiger charge is 2.23. The van der Waals surface area contributed by atoms with E-state index in [-0.39, 0.29) is 0 Å². The van der Waals surface area contributed by atoms with Crippen LogP contribution in [0.5, 0.6) is 5.75 Å². The molecule has 0 atom stereocenters. The molecular formula is C23H24ClN3O. The minimum absolute atomic E-state index is 0.738. The van der Waals surface area contributed by atoms with Gasteiger partial charge in [0.25, 0.3) is 0 Å². The smallest absolute Gasteiger partial charge is 0.129 e. The second-order valence-corrected chi connectivity index (χ2v) is 7.52. The molecule has 0 saturated heterocycles. The number of benzene rings is 2. The van der Waals surface area contributed by atoms with Crippen LogP contribution in [0.3, 0.4) is 0 Å². The lowest BCUT2D eigenvalue weighted by Crippen LogP contribution is -2.31. The Morgan fingerprint density at radius 3 is 2.68 bits per heavy atom. The van der Waals surface area contributed by atoms with Crippen LogP contribution in [0.15, 0.2) is 48.5 Å². The average molecular weight is 394 g/mol. The van der Waals surface area contributed by atoms with E-state index >= 15 is 0 Å². The summed E-state index contributed by atoms with van der Waals surface area (Å²) in [6.45, 7) is 4.82. The molecule has 0 aliphatic carbocycles. The third kappa shape index (κ3) is 4.03. The second-order valence-electron chi connectivity index (χ2n) is 7.09. The molecule has 4 rings (SSSR count). The van der Waals surface area contributed by atoms with E-state index in [1.54, 1.807) is 7.11 Å².